The predicted octanol–water partition coefficient (Wildman–Crippen LogP) is 3.42. The Morgan fingerprint density at radius 3 is 2.46 bits per heavy atom. The van der Waals surface area contributed by atoms with Gasteiger partial charge in [0.2, 0.25) is 0 Å². The third-order valence-electron chi connectivity index (χ3n) is 4.15. The lowest BCUT2D eigenvalue weighted by Gasteiger charge is -2.34. The van der Waals surface area contributed by atoms with E-state index in [1.807, 2.05) is 0 Å². The molecule has 0 aromatic carbocycles. The van der Waals surface area contributed by atoms with E-state index >= 15 is 0 Å². The van der Waals surface area contributed by atoms with Gasteiger partial charge in [-0.1, -0.05) is 12.8 Å². The molecule has 0 aliphatic heterocycles. The normalized spacial score (nSPS) is 38.5. The Morgan fingerprint density at radius 2 is 2.00 bits per heavy atom. The minimum absolute atomic E-state index is 0.924. The van der Waals surface area contributed by atoms with Crippen LogP contribution in [0.15, 0.2) is 0 Å². The fraction of sp³-hybridized carbons (Fsp3) is 1.00. The number of rotatable bonds is 3. The average Bonchev–Trinajstić information content (AvgIpc) is 2.63. The highest BCUT2D eigenvalue weighted by Gasteiger charge is 2.48. The van der Waals surface area contributed by atoms with Gasteiger partial charge >= 0.3 is 0 Å². The van der Waals surface area contributed by atoms with E-state index in [4.69, 9.17) is 4.43 Å². The Kier molecular flexibility index (Phi) is 2.54. The third kappa shape index (κ3) is 1.71. The first-order chi connectivity index (χ1) is 6.13. The standard InChI is InChI=1S/C11H22OSi/c1-4-12-13(2,3)11-8-9-5-6-10(11)7-9/h9-11H,4-8H2,1-3H3. The van der Waals surface area contributed by atoms with Gasteiger partial charge in [0, 0.05) is 6.61 Å². The summed E-state index contributed by atoms with van der Waals surface area (Å²) >= 11 is 0. The van der Waals surface area contributed by atoms with Crippen molar-refractivity contribution in [2.45, 2.75) is 51.2 Å². The first kappa shape index (κ1) is 9.72. The zero-order valence-corrected chi connectivity index (χ0v) is 10.2. The largest absolute Gasteiger partial charge is 0.417 e. The molecule has 0 aromatic heterocycles. The highest BCUT2D eigenvalue weighted by Crippen LogP contribution is 2.55. The van der Waals surface area contributed by atoms with Crippen LogP contribution in [-0.4, -0.2) is 14.9 Å². The van der Waals surface area contributed by atoms with E-state index in [9.17, 15) is 0 Å². The molecule has 0 spiro atoms. The Morgan fingerprint density at radius 1 is 1.23 bits per heavy atom. The van der Waals surface area contributed by atoms with E-state index in [1.165, 1.54) is 25.7 Å². The third-order valence-corrected chi connectivity index (χ3v) is 7.67. The second-order valence-electron chi connectivity index (χ2n) is 5.32. The van der Waals surface area contributed by atoms with Gasteiger partial charge in [-0.15, -0.1) is 0 Å². The summed E-state index contributed by atoms with van der Waals surface area (Å²) in [6, 6.07) is 0. The zero-order chi connectivity index (χ0) is 9.47. The van der Waals surface area contributed by atoms with Crippen molar-refractivity contribution in [3.8, 4) is 0 Å². The molecule has 3 atom stereocenters. The summed E-state index contributed by atoms with van der Waals surface area (Å²) in [7, 11) is -1.32. The molecular formula is C11H22OSi. The molecule has 13 heavy (non-hydrogen) atoms. The number of hydrogen-bond acceptors (Lipinski definition) is 1. The lowest BCUT2D eigenvalue weighted by molar-refractivity contribution is 0.301. The van der Waals surface area contributed by atoms with Crippen LogP contribution in [0.1, 0.15) is 32.6 Å². The second kappa shape index (κ2) is 3.39. The summed E-state index contributed by atoms with van der Waals surface area (Å²) in [5.41, 5.74) is 0.978. The van der Waals surface area contributed by atoms with Crippen LogP contribution in [0.4, 0.5) is 0 Å². The van der Waals surface area contributed by atoms with Crippen molar-refractivity contribution in [3.05, 3.63) is 0 Å². The molecule has 1 nitrogen and oxygen atoms in total. The van der Waals surface area contributed by atoms with Crippen LogP contribution in [0.25, 0.3) is 0 Å². The molecule has 0 radical (unpaired) electrons. The summed E-state index contributed by atoms with van der Waals surface area (Å²) in [5.74, 6) is 2.11. The van der Waals surface area contributed by atoms with E-state index in [-0.39, 0.29) is 0 Å². The van der Waals surface area contributed by atoms with Gasteiger partial charge in [-0.3, -0.25) is 0 Å². The number of hydrogen-bond donors (Lipinski definition) is 0. The molecule has 2 bridgehead atoms. The molecule has 0 heterocycles. The van der Waals surface area contributed by atoms with Crippen LogP contribution >= 0.6 is 0 Å². The summed E-state index contributed by atoms with van der Waals surface area (Å²) < 4.78 is 6.00. The lowest BCUT2D eigenvalue weighted by Crippen LogP contribution is -2.39. The lowest BCUT2D eigenvalue weighted by atomic mass is 10.0. The van der Waals surface area contributed by atoms with Crippen LogP contribution < -0.4 is 0 Å². The van der Waals surface area contributed by atoms with E-state index in [2.05, 4.69) is 20.0 Å². The van der Waals surface area contributed by atoms with Gasteiger partial charge < -0.3 is 4.43 Å². The second-order valence-corrected chi connectivity index (χ2v) is 9.55. The molecule has 2 heteroatoms. The van der Waals surface area contributed by atoms with Gasteiger partial charge in [-0.05, 0) is 50.2 Å². The maximum absolute atomic E-state index is 6.00. The molecule has 3 unspecified atom stereocenters. The maximum atomic E-state index is 6.00. The Balaban J connectivity index is 2.01. The smallest absolute Gasteiger partial charge is 0.190 e. The molecule has 0 aromatic rings. The Labute approximate surface area is 83.0 Å². The molecule has 2 fully saturated rings. The fourth-order valence-corrected chi connectivity index (χ4v) is 6.87. The van der Waals surface area contributed by atoms with Crippen LogP contribution in [0.3, 0.4) is 0 Å². The van der Waals surface area contributed by atoms with Crippen LogP contribution in [0, 0.1) is 11.8 Å². The topological polar surface area (TPSA) is 9.23 Å². The van der Waals surface area contributed by atoms with Crippen molar-refractivity contribution in [1.82, 2.24) is 0 Å². The van der Waals surface area contributed by atoms with Crippen LogP contribution in [0.2, 0.25) is 18.6 Å². The molecular weight excluding hydrogens is 176 g/mol. The summed E-state index contributed by atoms with van der Waals surface area (Å²) in [5, 5.41) is 0. The first-order valence-corrected chi connectivity index (χ1v) is 8.76. The SMILES string of the molecule is CCO[Si](C)(C)C1CC2CCC1C2. The Bertz CT molecular complexity index is 191. The van der Waals surface area contributed by atoms with E-state index < -0.39 is 8.32 Å². The van der Waals surface area contributed by atoms with Crippen LogP contribution in [-0.2, 0) is 4.43 Å². The highest BCUT2D eigenvalue weighted by atomic mass is 28.4. The summed E-state index contributed by atoms with van der Waals surface area (Å²) in [6.07, 6.45) is 6.02. The minimum Gasteiger partial charge on any atom is -0.417 e. The van der Waals surface area contributed by atoms with Crippen LogP contribution in [0.5, 0.6) is 0 Å². The van der Waals surface area contributed by atoms with E-state index in [1.54, 1.807) is 0 Å². The first-order valence-electron chi connectivity index (χ1n) is 5.77. The maximum Gasteiger partial charge on any atom is 0.190 e. The van der Waals surface area contributed by atoms with E-state index in [0.29, 0.717) is 0 Å². The molecule has 2 saturated carbocycles. The van der Waals surface area contributed by atoms with Gasteiger partial charge in [0.05, 0.1) is 0 Å². The molecule has 0 amide bonds. The van der Waals surface area contributed by atoms with Crippen molar-refractivity contribution in [2.75, 3.05) is 6.61 Å². The van der Waals surface area contributed by atoms with Gasteiger partial charge in [0.25, 0.3) is 0 Å². The van der Waals surface area contributed by atoms with E-state index in [0.717, 1.165) is 24.0 Å². The molecule has 2 aliphatic rings. The van der Waals surface area contributed by atoms with Crippen molar-refractivity contribution in [3.63, 3.8) is 0 Å². The van der Waals surface area contributed by atoms with Crippen molar-refractivity contribution in [1.29, 1.82) is 0 Å². The number of fused-ring (bicyclic) bond motifs is 2. The van der Waals surface area contributed by atoms with Gasteiger partial charge in [-0.25, -0.2) is 0 Å². The predicted molar refractivity (Wildman–Crippen MR) is 58.3 cm³/mol. The summed E-state index contributed by atoms with van der Waals surface area (Å²) in [6.45, 7) is 7.90. The molecule has 2 aliphatic carbocycles. The van der Waals surface area contributed by atoms with Crippen molar-refractivity contribution < 1.29 is 4.43 Å². The Hall–Kier alpha value is 0.177. The van der Waals surface area contributed by atoms with Gasteiger partial charge in [0.1, 0.15) is 0 Å². The fourth-order valence-electron chi connectivity index (χ4n) is 3.58. The van der Waals surface area contributed by atoms with Crippen molar-refractivity contribution in [2.24, 2.45) is 11.8 Å². The molecule has 76 valence electrons. The average molecular weight is 198 g/mol. The molecule has 2 rings (SSSR count). The van der Waals surface area contributed by atoms with Crippen molar-refractivity contribution >= 4 is 8.32 Å². The summed E-state index contributed by atoms with van der Waals surface area (Å²) in [4.78, 5) is 0. The minimum atomic E-state index is -1.32. The zero-order valence-electron chi connectivity index (χ0n) is 9.18. The molecule has 0 saturated heterocycles. The monoisotopic (exact) mass is 198 g/mol. The highest BCUT2D eigenvalue weighted by molar-refractivity contribution is 6.72. The van der Waals surface area contributed by atoms with Gasteiger partial charge in [0.15, 0.2) is 8.32 Å². The van der Waals surface area contributed by atoms with Gasteiger partial charge in [-0.2, -0.15) is 0 Å². The molecule has 0 N–H and O–H groups in total. The quantitative estimate of drug-likeness (QED) is 0.631.